The van der Waals surface area contributed by atoms with Gasteiger partial charge in [-0.05, 0) is 94.0 Å². The summed E-state index contributed by atoms with van der Waals surface area (Å²) in [5.41, 5.74) is 0.857. The molecule has 0 aliphatic heterocycles. The molecule has 1 heterocycles. The fourth-order valence-corrected chi connectivity index (χ4v) is 7.06. The van der Waals surface area contributed by atoms with Gasteiger partial charge in [0, 0.05) is 48.4 Å². The van der Waals surface area contributed by atoms with E-state index in [1.54, 1.807) is 63.4 Å². The highest BCUT2D eigenvalue weighted by molar-refractivity contribution is 7.92. The molecule has 250 valence electrons. The summed E-state index contributed by atoms with van der Waals surface area (Å²) in [5.74, 6) is 0.0799. The number of hydrogen-bond acceptors (Lipinski definition) is 8. The van der Waals surface area contributed by atoms with E-state index in [0.717, 1.165) is 28.8 Å². The van der Waals surface area contributed by atoms with Gasteiger partial charge in [0.25, 0.3) is 10.0 Å². The van der Waals surface area contributed by atoms with Crippen LogP contribution in [0.4, 0.5) is 11.5 Å². The molecular weight excluding hydrogens is 659 g/mol. The second kappa shape index (κ2) is 15.0. The minimum absolute atomic E-state index is 0.0534. The van der Waals surface area contributed by atoms with Crippen LogP contribution >= 0.6 is 23.2 Å². The zero-order valence-electron chi connectivity index (χ0n) is 27.5. The molecule has 0 amide bonds. The normalized spacial score (nSPS) is 11.9. The second-order valence-corrected chi connectivity index (χ2v) is 15.3. The number of nitrogens with zero attached hydrogens (tertiary/aromatic N) is 4. The number of rotatable bonds is 13. The Bertz CT molecular complexity index is 1840. The van der Waals surface area contributed by atoms with Gasteiger partial charge in [0.15, 0.2) is 5.78 Å². The third-order valence-electron chi connectivity index (χ3n) is 7.29. The third-order valence-corrected chi connectivity index (χ3v) is 9.48. The van der Waals surface area contributed by atoms with Gasteiger partial charge in [-0.3, -0.25) is 13.9 Å². The van der Waals surface area contributed by atoms with Gasteiger partial charge in [-0.2, -0.15) is 0 Å². The summed E-state index contributed by atoms with van der Waals surface area (Å²) < 4.78 is 34.3. The summed E-state index contributed by atoms with van der Waals surface area (Å²) in [5, 5.41) is 1.56. The molecule has 1 aromatic heterocycles. The number of Topliss-reactive ketones (excluding diaryl/α,β-unsaturated/α-hetero) is 1. The van der Waals surface area contributed by atoms with Crippen LogP contribution in [0, 0.1) is 0 Å². The lowest BCUT2D eigenvalue weighted by atomic mass is 9.97. The van der Waals surface area contributed by atoms with Crippen molar-refractivity contribution in [2.24, 2.45) is 0 Å². The largest absolute Gasteiger partial charge is 0.459 e. The van der Waals surface area contributed by atoms with Gasteiger partial charge < -0.3 is 14.5 Å². The van der Waals surface area contributed by atoms with E-state index in [9.17, 15) is 18.0 Å². The van der Waals surface area contributed by atoms with E-state index in [4.69, 9.17) is 27.9 Å². The number of aromatic nitrogens is 1. The highest BCUT2D eigenvalue weighted by Crippen LogP contribution is 2.32. The first kappa shape index (κ1) is 36.1. The molecule has 4 aromatic rings. The van der Waals surface area contributed by atoms with Crippen molar-refractivity contribution in [3.05, 3.63) is 94.1 Å². The van der Waals surface area contributed by atoms with Crippen LogP contribution in [0.25, 0.3) is 10.8 Å². The number of benzene rings is 3. The van der Waals surface area contributed by atoms with Gasteiger partial charge in [-0.25, -0.2) is 13.4 Å². The van der Waals surface area contributed by atoms with E-state index >= 15 is 0 Å². The maximum atomic E-state index is 13.9. The summed E-state index contributed by atoms with van der Waals surface area (Å²) in [6, 6.07) is 18.1. The number of hydrogen-bond donors (Lipinski definition) is 0. The molecule has 0 fully saturated rings. The first-order valence-corrected chi connectivity index (χ1v) is 17.3. The average molecular weight is 700 g/mol. The number of halogens is 2. The molecule has 0 atom stereocenters. The van der Waals surface area contributed by atoms with E-state index in [2.05, 4.69) is 14.8 Å². The van der Waals surface area contributed by atoms with Crippen LogP contribution in [-0.4, -0.2) is 76.4 Å². The van der Waals surface area contributed by atoms with E-state index in [1.165, 1.54) is 18.2 Å². The van der Waals surface area contributed by atoms with E-state index < -0.39 is 28.1 Å². The third kappa shape index (κ3) is 9.67. The smallest absolute Gasteiger partial charge is 0.327 e. The predicted octanol–water partition coefficient (Wildman–Crippen LogP) is 6.89. The number of sulfonamides is 1. The van der Waals surface area contributed by atoms with Crippen LogP contribution in [0.2, 0.25) is 10.0 Å². The van der Waals surface area contributed by atoms with Crippen molar-refractivity contribution < 1.29 is 22.7 Å². The molecule has 0 radical (unpaired) electrons. The number of fused-ring (bicyclic) bond motifs is 1. The van der Waals surface area contributed by atoms with E-state index in [-0.39, 0.29) is 32.8 Å². The molecule has 0 aliphatic rings. The van der Waals surface area contributed by atoms with Crippen molar-refractivity contribution in [3.8, 4) is 0 Å². The minimum atomic E-state index is -4.31. The number of pyridine rings is 1. The molecule has 12 heteroatoms. The number of anilines is 2. The van der Waals surface area contributed by atoms with Crippen LogP contribution in [-0.2, 0) is 26.0 Å². The molecule has 0 bridgehead atoms. The molecule has 47 heavy (non-hydrogen) atoms. The minimum Gasteiger partial charge on any atom is -0.459 e. The molecule has 4 rings (SSSR count). The molecule has 9 nitrogen and oxygen atoms in total. The molecule has 3 aromatic carbocycles. The van der Waals surface area contributed by atoms with Gasteiger partial charge in [-0.1, -0.05) is 53.5 Å². The summed E-state index contributed by atoms with van der Waals surface area (Å²) in [6.07, 6.45) is 2.59. The average Bonchev–Trinajstić information content (AvgIpc) is 2.99. The van der Waals surface area contributed by atoms with E-state index in [1.807, 2.05) is 33.3 Å². The van der Waals surface area contributed by atoms with Gasteiger partial charge in [0.05, 0.1) is 10.6 Å². The predicted molar refractivity (Wildman–Crippen MR) is 189 cm³/mol. The zero-order chi connectivity index (χ0) is 34.5. The molecule has 0 saturated carbocycles. The van der Waals surface area contributed by atoms with Crippen LogP contribution in [0.15, 0.2) is 77.8 Å². The van der Waals surface area contributed by atoms with Crippen molar-refractivity contribution in [2.45, 2.75) is 44.1 Å². The van der Waals surface area contributed by atoms with Crippen LogP contribution in [0.1, 0.15) is 43.1 Å². The monoisotopic (exact) mass is 698 g/mol. The van der Waals surface area contributed by atoms with Gasteiger partial charge in [0.1, 0.15) is 18.0 Å². The fraction of sp³-hybridized carbons (Fsp3) is 0.343. The first-order valence-electron chi connectivity index (χ1n) is 15.1. The van der Waals surface area contributed by atoms with Crippen molar-refractivity contribution in [1.82, 2.24) is 9.88 Å². The number of esters is 1. The van der Waals surface area contributed by atoms with Crippen molar-refractivity contribution in [1.29, 1.82) is 0 Å². The zero-order valence-corrected chi connectivity index (χ0v) is 29.8. The van der Waals surface area contributed by atoms with Crippen molar-refractivity contribution in [3.63, 3.8) is 0 Å². The molecule has 0 aliphatic carbocycles. The number of carbonyl (C=O) groups is 2. The van der Waals surface area contributed by atoms with Gasteiger partial charge in [-0.15, -0.1) is 0 Å². The number of likely N-dealkylation sites (N-methyl/N-ethyl adjacent to an activating group) is 2. The maximum absolute atomic E-state index is 13.9. The Kier molecular flexibility index (Phi) is 11.6. The molecule has 0 N–H and O–H groups in total. The Hall–Kier alpha value is -3.70. The lowest BCUT2D eigenvalue weighted by Gasteiger charge is -2.27. The Morgan fingerprint density at radius 2 is 1.60 bits per heavy atom. The standard InChI is InChI=1S/C35H40Cl2N4O5S/c1-35(2,3)46-34(43)23-41(47(44,45)29-20-26(36)19-27(37)21-29)28-12-13-30-25(18-28)8-7-9-31(30)32(42)14-10-24-11-15-33(38-22-24)40(6)17-16-39(4)5/h7-9,11-13,15,18-22H,10,14,16-17,23H2,1-6H3. The molecular formula is C35H40Cl2N4O5S. The van der Waals surface area contributed by atoms with Gasteiger partial charge in [0.2, 0.25) is 0 Å². The Morgan fingerprint density at radius 3 is 2.21 bits per heavy atom. The lowest BCUT2D eigenvalue weighted by Crippen LogP contribution is -2.39. The van der Waals surface area contributed by atoms with Crippen molar-refractivity contribution in [2.75, 3.05) is 50.0 Å². The van der Waals surface area contributed by atoms with Crippen molar-refractivity contribution >= 4 is 67.3 Å². The first-order chi connectivity index (χ1) is 22.0. The molecule has 0 saturated heterocycles. The second-order valence-electron chi connectivity index (χ2n) is 12.6. The topological polar surface area (TPSA) is 100 Å². The maximum Gasteiger partial charge on any atom is 0.327 e. The van der Waals surface area contributed by atoms with Gasteiger partial charge >= 0.3 is 5.97 Å². The van der Waals surface area contributed by atoms with Crippen LogP contribution in [0.5, 0.6) is 0 Å². The SMILES string of the molecule is CN(C)CCN(C)c1ccc(CCC(=O)c2cccc3cc(N(CC(=O)OC(C)(C)C)S(=O)(=O)c4cc(Cl)cc(Cl)c4)ccc23)cn1. The van der Waals surface area contributed by atoms with Crippen LogP contribution < -0.4 is 9.21 Å². The Labute approximate surface area is 287 Å². The fourth-order valence-electron chi connectivity index (χ4n) is 4.93. The van der Waals surface area contributed by atoms with Crippen LogP contribution in [0.3, 0.4) is 0 Å². The number of aryl methyl sites for hydroxylation is 1. The summed E-state index contributed by atoms with van der Waals surface area (Å²) in [7, 11) is 1.74. The Balaban J connectivity index is 1.59. The Morgan fingerprint density at radius 1 is 0.894 bits per heavy atom. The lowest BCUT2D eigenvalue weighted by molar-refractivity contribution is -0.152. The number of carbonyl (C=O) groups excluding carboxylic acids is 2. The van der Waals surface area contributed by atoms with E-state index in [0.29, 0.717) is 22.8 Å². The summed E-state index contributed by atoms with van der Waals surface area (Å²) >= 11 is 12.3. The summed E-state index contributed by atoms with van der Waals surface area (Å²) in [6.45, 7) is 6.27. The number of ether oxygens (including phenoxy) is 1. The number of ketones is 1. The highest BCUT2D eigenvalue weighted by Gasteiger charge is 2.30. The quantitative estimate of drug-likeness (QED) is 0.110. The molecule has 0 spiro atoms. The summed E-state index contributed by atoms with van der Waals surface area (Å²) in [4.78, 5) is 35.0. The highest BCUT2D eigenvalue weighted by atomic mass is 35.5. The molecule has 0 unspecified atom stereocenters.